The first-order valence-electron chi connectivity index (χ1n) is 11.2. The molecule has 0 unspecified atom stereocenters. The average Bonchev–Trinajstić information content (AvgIpc) is 2.77. The summed E-state index contributed by atoms with van der Waals surface area (Å²) in [6.45, 7) is 15.2. The summed E-state index contributed by atoms with van der Waals surface area (Å²) in [5.41, 5.74) is 1.13. The molecule has 0 aliphatic carbocycles. The van der Waals surface area contributed by atoms with Gasteiger partial charge in [0.2, 0.25) is 11.6 Å². The van der Waals surface area contributed by atoms with Gasteiger partial charge in [-0.05, 0) is 56.0 Å². The highest BCUT2D eigenvalue weighted by atomic mass is 32.3. The molecule has 0 bridgehead atoms. The second-order valence-electron chi connectivity index (χ2n) is 10.7. The van der Waals surface area contributed by atoms with Gasteiger partial charge in [0.05, 0.1) is 10.7 Å². The number of benzene rings is 2. The number of ketones is 2. The lowest BCUT2D eigenvalue weighted by Crippen LogP contribution is -2.69. The molecule has 4 rings (SSSR count). The van der Waals surface area contributed by atoms with E-state index >= 15 is 0 Å². The van der Waals surface area contributed by atoms with E-state index in [1.54, 1.807) is 32.9 Å². The molecule has 0 radical (unpaired) electrons. The van der Waals surface area contributed by atoms with E-state index in [1.165, 1.54) is 29.2 Å². The second-order valence-corrected chi connectivity index (χ2v) is 13.4. The molecule has 2 aromatic rings. The summed E-state index contributed by atoms with van der Waals surface area (Å²) >= 11 is 0. The number of hydrogen-bond acceptors (Lipinski definition) is 5. The van der Waals surface area contributed by atoms with Crippen LogP contribution in [-0.4, -0.2) is 37.7 Å². The molecule has 2 aliphatic heterocycles. The Balaban J connectivity index is 1.50. The summed E-state index contributed by atoms with van der Waals surface area (Å²) in [5, 5.41) is -1.38. The maximum atomic E-state index is 13.0. The van der Waals surface area contributed by atoms with Crippen molar-refractivity contribution in [2.45, 2.75) is 52.5 Å². The third-order valence-corrected chi connectivity index (χ3v) is 9.22. The Labute approximate surface area is 206 Å². The van der Waals surface area contributed by atoms with Gasteiger partial charge < -0.3 is 0 Å². The van der Waals surface area contributed by atoms with Crippen LogP contribution in [0.4, 0.5) is 20.1 Å². The van der Waals surface area contributed by atoms with E-state index in [0.717, 1.165) is 10.5 Å². The molecule has 35 heavy (non-hydrogen) atoms. The zero-order valence-electron chi connectivity index (χ0n) is 20.7. The first-order valence-corrected chi connectivity index (χ1v) is 12.8. The van der Waals surface area contributed by atoms with E-state index < -0.39 is 42.9 Å². The topological polar surface area (TPSA) is 91.8 Å². The molecule has 0 saturated carbocycles. The first-order chi connectivity index (χ1) is 16.1. The molecule has 8 heteroatoms. The van der Waals surface area contributed by atoms with Gasteiger partial charge in [0.25, 0.3) is 15.7 Å². The highest BCUT2D eigenvalue weighted by Crippen LogP contribution is 2.75. The molecular formula is C27H28N2O5S. The SMILES string of the molecule is C=C1N(c2ccc(C(=O)C(=O)c3ccc(C(C)(C)C)cc3)cc2)C(=O)S12C(=O)N(C(C)(C)C)C2=O. The predicted molar refractivity (Wildman–Crippen MR) is 137 cm³/mol. The van der Waals surface area contributed by atoms with Crippen LogP contribution in [0, 0.1) is 0 Å². The Hall–Kier alpha value is -3.52. The first kappa shape index (κ1) is 24.6. The molecule has 7 nitrogen and oxygen atoms in total. The Bertz CT molecular complexity index is 1280. The molecule has 182 valence electrons. The predicted octanol–water partition coefficient (Wildman–Crippen LogP) is 6.62. The Morgan fingerprint density at radius 1 is 0.714 bits per heavy atom. The van der Waals surface area contributed by atoms with Crippen molar-refractivity contribution in [3.05, 3.63) is 76.8 Å². The minimum atomic E-state index is -2.91. The van der Waals surface area contributed by atoms with Crippen molar-refractivity contribution in [1.29, 1.82) is 0 Å². The third-order valence-electron chi connectivity index (χ3n) is 6.21. The summed E-state index contributed by atoms with van der Waals surface area (Å²) < 4.78 is 0. The van der Waals surface area contributed by atoms with Gasteiger partial charge in [-0.25, -0.2) is 0 Å². The van der Waals surface area contributed by atoms with Gasteiger partial charge in [-0.3, -0.25) is 33.8 Å². The largest absolute Gasteiger partial charge is 0.295 e. The molecule has 3 amide bonds. The van der Waals surface area contributed by atoms with Crippen molar-refractivity contribution >= 4 is 43.0 Å². The zero-order valence-corrected chi connectivity index (χ0v) is 21.5. The van der Waals surface area contributed by atoms with Gasteiger partial charge >= 0.3 is 0 Å². The summed E-state index contributed by atoms with van der Waals surface area (Å²) in [6, 6.07) is 12.9. The summed E-state index contributed by atoms with van der Waals surface area (Å²) in [6.07, 6.45) is 0. The van der Waals surface area contributed by atoms with Gasteiger partial charge in [-0.2, -0.15) is 0 Å². The van der Waals surface area contributed by atoms with Gasteiger partial charge in [-0.15, -0.1) is 0 Å². The number of carbonyl (C=O) groups is 5. The van der Waals surface area contributed by atoms with Crippen molar-refractivity contribution in [3.63, 3.8) is 0 Å². The van der Waals surface area contributed by atoms with Gasteiger partial charge in [-0.1, -0.05) is 51.6 Å². The third kappa shape index (κ3) is 3.46. The van der Waals surface area contributed by atoms with E-state index in [4.69, 9.17) is 0 Å². The van der Waals surface area contributed by atoms with Gasteiger partial charge in [0, 0.05) is 26.7 Å². The monoisotopic (exact) mass is 492 g/mol. The zero-order chi connectivity index (χ0) is 26.1. The van der Waals surface area contributed by atoms with Crippen LogP contribution >= 0.6 is 10.0 Å². The quantitative estimate of drug-likeness (QED) is 0.353. The van der Waals surface area contributed by atoms with E-state index in [9.17, 15) is 24.0 Å². The number of imide groups is 1. The molecule has 2 saturated heterocycles. The Kier molecular flexibility index (Phi) is 5.44. The van der Waals surface area contributed by atoms with Crippen molar-refractivity contribution in [2.24, 2.45) is 0 Å². The van der Waals surface area contributed by atoms with Crippen LogP contribution in [0.2, 0.25) is 0 Å². The second kappa shape index (κ2) is 7.75. The van der Waals surface area contributed by atoms with Crippen molar-refractivity contribution in [2.75, 3.05) is 4.90 Å². The number of amides is 3. The average molecular weight is 493 g/mol. The fourth-order valence-electron chi connectivity index (χ4n) is 4.12. The molecule has 1 spiro atoms. The number of carbonyl (C=O) groups excluding carboxylic acids is 5. The molecule has 2 heterocycles. The van der Waals surface area contributed by atoms with Crippen LogP contribution in [0.5, 0.6) is 0 Å². The Morgan fingerprint density at radius 2 is 1.14 bits per heavy atom. The minimum Gasteiger partial charge on any atom is -0.285 e. The lowest BCUT2D eigenvalue weighted by atomic mass is 9.86. The molecule has 2 aromatic carbocycles. The fourth-order valence-corrected chi connectivity index (χ4v) is 7.12. The standard InChI is InChI=1S/C27H28N2O5S/c1-16-28(23(32)35(16)24(33)29(25(35)34)27(5,6)7)20-14-10-18(11-15-20)22(31)21(30)17-8-12-19(13-9-17)26(2,3)4/h8-15H,1H2,2-7H3. The summed E-state index contributed by atoms with van der Waals surface area (Å²) in [7, 11) is -2.91. The molecular weight excluding hydrogens is 464 g/mol. The van der Waals surface area contributed by atoms with Crippen molar-refractivity contribution in [1.82, 2.24) is 4.90 Å². The lowest BCUT2D eigenvalue weighted by molar-refractivity contribution is 0.0817. The van der Waals surface area contributed by atoms with Crippen LogP contribution in [-0.2, 0) is 5.41 Å². The number of Topliss-reactive ketones (excluding diaryl/α,β-unsaturated/α-hetero) is 2. The summed E-state index contributed by atoms with van der Waals surface area (Å²) in [5.74, 6) is -1.29. The summed E-state index contributed by atoms with van der Waals surface area (Å²) in [4.78, 5) is 66.4. The lowest BCUT2D eigenvalue weighted by Gasteiger charge is -2.61. The molecule has 2 aliphatic rings. The van der Waals surface area contributed by atoms with E-state index in [1.807, 2.05) is 12.1 Å². The fraction of sp³-hybridized carbons (Fsp3) is 0.296. The normalized spacial score (nSPS) is 18.3. The van der Waals surface area contributed by atoms with E-state index in [-0.39, 0.29) is 16.0 Å². The number of nitrogens with zero attached hydrogens (tertiary/aromatic N) is 2. The van der Waals surface area contributed by atoms with Crippen molar-refractivity contribution < 1.29 is 24.0 Å². The maximum Gasteiger partial charge on any atom is 0.295 e. The highest BCUT2D eigenvalue weighted by molar-refractivity contribution is 8.71. The van der Waals surface area contributed by atoms with Crippen molar-refractivity contribution in [3.8, 4) is 0 Å². The number of anilines is 1. The maximum absolute atomic E-state index is 13.0. The van der Waals surface area contributed by atoms with Crippen LogP contribution in [0.3, 0.4) is 0 Å². The van der Waals surface area contributed by atoms with Crippen LogP contribution < -0.4 is 4.90 Å². The van der Waals surface area contributed by atoms with E-state index in [0.29, 0.717) is 11.3 Å². The van der Waals surface area contributed by atoms with Gasteiger partial charge in [0.1, 0.15) is 0 Å². The molecule has 0 N–H and O–H groups in total. The van der Waals surface area contributed by atoms with E-state index in [2.05, 4.69) is 27.4 Å². The number of rotatable bonds is 4. The molecule has 2 fully saturated rings. The molecule has 0 atom stereocenters. The van der Waals surface area contributed by atoms with Gasteiger partial charge in [0.15, 0.2) is 0 Å². The smallest absolute Gasteiger partial charge is 0.285 e. The number of hydrogen-bond donors (Lipinski definition) is 0. The highest BCUT2D eigenvalue weighted by Gasteiger charge is 2.74. The van der Waals surface area contributed by atoms with Crippen LogP contribution in [0.15, 0.2) is 60.1 Å². The Morgan fingerprint density at radius 3 is 1.51 bits per heavy atom. The van der Waals surface area contributed by atoms with Crippen LogP contribution in [0.25, 0.3) is 0 Å². The molecule has 0 aromatic heterocycles. The minimum absolute atomic E-state index is 0.0697. The van der Waals surface area contributed by atoms with Crippen LogP contribution in [0.1, 0.15) is 67.8 Å².